The summed E-state index contributed by atoms with van der Waals surface area (Å²) in [5.74, 6) is 1.06. The molecule has 0 radical (unpaired) electrons. The van der Waals surface area contributed by atoms with Crippen LogP contribution in [0.3, 0.4) is 0 Å². The molecular formula is C23H23NO7. The van der Waals surface area contributed by atoms with Crippen molar-refractivity contribution in [2.75, 3.05) is 20.8 Å². The Labute approximate surface area is 179 Å². The van der Waals surface area contributed by atoms with Crippen LogP contribution in [0.15, 0.2) is 47.0 Å². The lowest BCUT2D eigenvalue weighted by atomic mass is 10.1. The lowest BCUT2D eigenvalue weighted by Gasteiger charge is -2.12. The van der Waals surface area contributed by atoms with Crippen molar-refractivity contribution in [3.63, 3.8) is 0 Å². The number of ether oxygens (including phenoxy) is 4. The Hall–Kier alpha value is -3.81. The average Bonchev–Trinajstić information content (AvgIpc) is 3.12. The normalized spacial score (nSPS) is 10.5. The van der Waals surface area contributed by atoms with Gasteiger partial charge in [-0.1, -0.05) is 17.3 Å². The predicted octanol–water partition coefficient (Wildman–Crippen LogP) is 3.93. The number of hydrogen-bond donors (Lipinski definition) is 0. The van der Waals surface area contributed by atoms with Gasteiger partial charge in [0.25, 0.3) is 0 Å². The van der Waals surface area contributed by atoms with Crippen molar-refractivity contribution in [2.45, 2.75) is 20.5 Å². The number of carbonyl (C=O) groups excluding carboxylic acids is 2. The molecule has 0 aliphatic rings. The smallest absolute Gasteiger partial charge is 0.338 e. The molecule has 1 aromatic heterocycles. The molecule has 31 heavy (non-hydrogen) atoms. The maximum absolute atomic E-state index is 12.4. The summed E-state index contributed by atoms with van der Waals surface area (Å²) in [7, 11) is 2.98. The molecule has 0 aliphatic carbocycles. The van der Waals surface area contributed by atoms with Gasteiger partial charge in [-0.25, -0.2) is 4.79 Å². The van der Waals surface area contributed by atoms with E-state index in [4.69, 9.17) is 23.5 Å². The van der Waals surface area contributed by atoms with Crippen molar-refractivity contribution >= 4 is 11.8 Å². The van der Waals surface area contributed by atoms with Crippen molar-refractivity contribution in [2.24, 2.45) is 0 Å². The molecule has 8 heteroatoms. The summed E-state index contributed by atoms with van der Waals surface area (Å²) in [6, 6.07) is 11.3. The molecule has 2 aromatic carbocycles. The van der Waals surface area contributed by atoms with E-state index in [1.807, 2.05) is 13.8 Å². The Kier molecular flexibility index (Phi) is 6.92. The second-order valence-corrected chi connectivity index (χ2v) is 6.69. The number of methoxy groups -OCH3 is 2. The van der Waals surface area contributed by atoms with E-state index in [-0.39, 0.29) is 18.0 Å². The second kappa shape index (κ2) is 9.80. The van der Waals surface area contributed by atoms with Gasteiger partial charge in [0.15, 0.2) is 23.9 Å². The Morgan fingerprint density at radius 3 is 2.45 bits per heavy atom. The maximum Gasteiger partial charge on any atom is 0.338 e. The number of rotatable bonds is 9. The van der Waals surface area contributed by atoms with Crippen LogP contribution >= 0.6 is 0 Å². The average molecular weight is 425 g/mol. The molecule has 8 nitrogen and oxygen atoms in total. The molecule has 0 saturated carbocycles. The minimum atomic E-state index is -0.646. The fraction of sp³-hybridized carbons (Fsp3) is 0.261. The highest BCUT2D eigenvalue weighted by atomic mass is 16.5. The summed E-state index contributed by atoms with van der Waals surface area (Å²) in [4.78, 5) is 24.7. The van der Waals surface area contributed by atoms with Gasteiger partial charge in [-0.3, -0.25) is 4.79 Å². The Morgan fingerprint density at radius 1 is 0.968 bits per heavy atom. The number of esters is 1. The van der Waals surface area contributed by atoms with Gasteiger partial charge in [0.2, 0.25) is 0 Å². The predicted molar refractivity (Wildman–Crippen MR) is 111 cm³/mol. The molecular weight excluding hydrogens is 402 g/mol. The van der Waals surface area contributed by atoms with E-state index in [0.29, 0.717) is 28.6 Å². The summed E-state index contributed by atoms with van der Waals surface area (Å²) < 4.78 is 26.5. The second-order valence-electron chi connectivity index (χ2n) is 6.69. The molecule has 0 spiro atoms. The Bertz CT molecular complexity index is 1070. The van der Waals surface area contributed by atoms with Crippen LogP contribution in [0.2, 0.25) is 0 Å². The third kappa shape index (κ3) is 5.22. The highest BCUT2D eigenvalue weighted by molar-refractivity contribution is 5.99. The monoisotopic (exact) mass is 425 g/mol. The third-order valence-electron chi connectivity index (χ3n) is 4.68. The topological polar surface area (TPSA) is 97.1 Å². The van der Waals surface area contributed by atoms with Gasteiger partial charge in [-0.2, -0.15) is 0 Å². The summed E-state index contributed by atoms with van der Waals surface area (Å²) in [6.45, 7) is 3.50. The molecule has 0 aliphatic heterocycles. The van der Waals surface area contributed by atoms with Crippen LogP contribution in [0, 0.1) is 13.8 Å². The molecule has 162 valence electrons. The molecule has 3 rings (SSSR count). The fourth-order valence-corrected chi connectivity index (χ4v) is 2.87. The quantitative estimate of drug-likeness (QED) is 0.376. The van der Waals surface area contributed by atoms with Crippen molar-refractivity contribution in [3.8, 4) is 17.2 Å². The van der Waals surface area contributed by atoms with Gasteiger partial charge in [0, 0.05) is 5.56 Å². The minimum absolute atomic E-state index is 0.236. The standard InChI is InChI=1S/C23H23NO7/c1-14-19(15(2)31-24-14)12-29-21-9-8-17(11-22(21)28-4)23(26)30-13-20(25)16-6-5-7-18(10-16)27-3/h5-11H,12-13H2,1-4H3. The zero-order chi connectivity index (χ0) is 22.4. The molecule has 0 fully saturated rings. The molecule has 0 bridgehead atoms. The van der Waals surface area contributed by atoms with Gasteiger partial charge in [0.05, 0.1) is 31.0 Å². The third-order valence-corrected chi connectivity index (χ3v) is 4.68. The van der Waals surface area contributed by atoms with Gasteiger partial charge >= 0.3 is 5.97 Å². The van der Waals surface area contributed by atoms with E-state index < -0.39 is 12.6 Å². The van der Waals surface area contributed by atoms with Crippen LogP contribution in [0.25, 0.3) is 0 Å². The van der Waals surface area contributed by atoms with Crippen molar-refractivity contribution < 1.29 is 33.1 Å². The minimum Gasteiger partial charge on any atom is -0.497 e. The van der Waals surface area contributed by atoms with Crippen LogP contribution < -0.4 is 14.2 Å². The van der Waals surface area contributed by atoms with Crippen LogP contribution in [-0.4, -0.2) is 37.7 Å². The number of hydrogen-bond acceptors (Lipinski definition) is 8. The van der Waals surface area contributed by atoms with Crippen LogP contribution in [-0.2, 0) is 11.3 Å². The number of aromatic nitrogens is 1. The lowest BCUT2D eigenvalue weighted by Crippen LogP contribution is -2.14. The Balaban J connectivity index is 1.64. The van der Waals surface area contributed by atoms with Gasteiger partial charge in [-0.15, -0.1) is 0 Å². The zero-order valence-electron chi connectivity index (χ0n) is 17.8. The van der Waals surface area contributed by atoms with Crippen molar-refractivity contribution in [3.05, 3.63) is 70.6 Å². The van der Waals surface area contributed by atoms with E-state index in [9.17, 15) is 9.59 Å². The summed E-state index contributed by atoms with van der Waals surface area (Å²) >= 11 is 0. The summed E-state index contributed by atoms with van der Waals surface area (Å²) in [5, 5.41) is 3.89. The van der Waals surface area contributed by atoms with E-state index in [2.05, 4.69) is 5.16 Å². The highest BCUT2D eigenvalue weighted by Crippen LogP contribution is 2.30. The number of aryl methyl sites for hydroxylation is 2. The first-order chi connectivity index (χ1) is 14.9. The summed E-state index contributed by atoms with van der Waals surface area (Å²) in [5.41, 5.74) is 2.23. The molecule has 3 aromatic rings. The molecule has 0 amide bonds. The van der Waals surface area contributed by atoms with E-state index in [0.717, 1.165) is 11.3 Å². The van der Waals surface area contributed by atoms with Crippen LogP contribution in [0.5, 0.6) is 17.2 Å². The van der Waals surface area contributed by atoms with Gasteiger partial charge in [0.1, 0.15) is 18.1 Å². The Morgan fingerprint density at radius 2 is 1.77 bits per heavy atom. The lowest BCUT2D eigenvalue weighted by molar-refractivity contribution is 0.0474. The molecule has 0 N–H and O–H groups in total. The summed E-state index contributed by atoms with van der Waals surface area (Å²) in [6.07, 6.45) is 0. The van der Waals surface area contributed by atoms with Crippen molar-refractivity contribution in [1.29, 1.82) is 0 Å². The van der Waals surface area contributed by atoms with Crippen molar-refractivity contribution in [1.82, 2.24) is 5.16 Å². The number of carbonyl (C=O) groups is 2. The van der Waals surface area contributed by atoms with Crippen LogP contribution in [0.1, 0.15) is 37.7 Å². The fourth-order valence-electron chi connectivity index (χ4n) is 2.87. The zero-order valence-corrected chi connectivity index (χ0v) is 17.8. The van der Waals surface area contributed by atoms with Crippen LogP contribution in [0.4, 0.5) is 0 Å². The molecule has 0 unspecified atom stereocenters. The number of Topliss-reactive ketones (excluding diaryl/α,β-unsaturated/α-hetero) is 1. The maximum atomic E-state index is 12.4. The van der Waals surface area contributed by atoms with E-state index in [1.165, 1.54) is 20.3 Å². The first kappa shape index (κ1) is 21.9. The van der Waals surface area contributed by atoms with E-state index >= 15 is 0 Å². The number of ketones is 1. The van der Waals surface area contributed by atoms with E-state index in [1.54, 1.807) is 36.4 Å². The molecule has 0 atom stereocenters. The largest absolute Gasteiger partial charge is 0.497 e. The first-order valence-corrected chi connectivity index (χ1v) is 9.50. The van der Waals surface area contributed by atoms with Gasteiger partial charge in [-0.05, 0) is 44.2 Å². The number of benzene rings is 2. The SMILES string of the molecule is COc1cccc(C(=O)COC(=O)c2ccc(OCc3c(C)noc3C)c(OC)c2)c1. The highest BCUT2D eigenvalue weighted by Gasteiger charge is 2.16. The molecule has 1 heterocycles. The first-order valence-electron chi connectivity index (χ1n) is 9.50. The molecule has 0 saturated heterocycles. The van der Waals surface area contributed by atoms with Gasteiger partial charge < -0.3 is 23.5 Å². The number of nitrogens with zero attached hydrogens (tertiary/aromatic N) is 1.